The van der Waals surface area contributed by atoms with Crippen LogP contribution in [0.25, 0.3) is 17.1 Å². The minimum absolute atomic E-state index is 0.00443. The molecule has 1 aliphatic heterocycles. The Morgan fingerprint density at radius 1 is 1.07 bits per heavy atom. The monoisotopic (exact) mass is 400 g/mol. The van der Waals surface area contributed by atoms with Crippen LogP contribution in [-0.4, -0.2) is 20.5 Å². The molecule has 0 unspecified atom stereocenters. The first-order valence-electron chi connectivity index (χ1n) is 11.0. The largest absolute Gasteiger partial charge is 0.255 e. The van der Waals surface area contributed by atoms with Crippen molar-refractivity contribution in [2.75, 3.05) is 0 Å². The number of fused-ring (bicyclic) bond motifs is 1. The second kappa shape index (κ2) is 7.50. The highest BCUT2D eigenvalue weighted by Crippen LogP contribution is 2.43. The van der Waals surface area contributed by atoms with Crippen LogP contribution in [0.1, 0.15) is 63.3 Å². The van der Waals surface area contributed by atoms with E-state index < -0.39 is 0 Å². The van der Waals surface area contributed by atoms with Gasteiger partial charge < -0.3 is 0 Å². The van der Waals surface area contributed by atoms with Crippen molar-refractivity contribution in [3.63, 3.8) is 0 Å². The molecule has 2 heterocycles. The number of nitrogens with zero attached hydrogens (tertiary/aromatic N) is 4. The fraction of sp³-hybridized carbons (Fsp3) is 0.423. The zero-order chi connectivity index (χ0) is 21.6. The molecule has 0 saturated carbocycles. The summed E-state index contributed by atoms with van der Waals surface area (Å²) in [5, 5.41) is 4.74. The second-order valence-corrected chi connectivity index (χ2v) is 9.40. The first kappa shape index (κ1) is 20.5. The van der Waals surface area contributed by atoms with Gasteiger partial charge in [-0.2, -0.15) is 5.10 Å². The topological polar surface area (TPSA) is 43.1 Å². The fourth-order valence-electron chi connectivity index (χ4n) is 4.29. The van der Waals surface area contributed by atoms with Crippen molar-refractivity contribution >= 4 is 11.4 Å². The summed E-state index contributed by atoms with van der Waals surface area (Å²) in [6, 6.07) is 10.9. The van der Waals surface area contributed by atoms with Crippen molar-refractivity contribution in [2.45, 2.75) is 66.7 Å². The lowest BCUT2D eigenvalue weighted by Crippen LogP contribution is -2.20. The van der Waals surface area contributed by atoms with Crippen LogP contribution in [0, 0.1) is 19.8 Å². The van der Waals surface area contributed by atoms with Gasteiger partial charge in [0.15, 0.2) is 5.82 Å². The summed E-state index contributed by atoms with van der Waals surface area (Å²) in [5.74, 6) is 1.32. The third-order valence-electron chi connectivity index (χ3n) is 6.61. The van der Waals surface area contributed by atoms with E-state index in [9.17, 15) is 0 Å². The van der Waals surface area contributed by atoms with Gasteiger partial charge in [0, 0.05) is 17.7 Å². The van der Waals surface area contributed by atoms with E-state index in [1.54, 1.807) is 6.33 Å². The number of benzene rings is 2. The minimum Gasteiger partial charge on any atom is -0.255 e. The van der Waals surface area contributed by atoms with Crippen molar-refractivity contribution in [3.05, 3.63) is 58.9 Å². The number of hydrogen-bond acceptors (Lipinski definition) is 3. The molecule has 30 heavy (non-hydrogen) atoms. The van der Waals surface area contributed by atoms with E-state index >= 15 is 0 Å². The van der Waals surface area contributed by atoms with Gasteiger partial charge in [-0.25, -0.2) is 9.67 Å². The Labute approximate surface area is 180 Å². The second-order valence-electron chi connectivity index (χ2n) is 9.40. The molecule has 4 rings (SSSR count). The molecule has 3 aromatic rings. The van der Waals surface area contributed by atoms with Crippen molar-refractivity contribution in [1.29, 1.82) is 0 Å². The van der Waals surface area contributed by atoms with Gasteiger partial charge in [-0.3, -0.25) is 4.99 Å². The lowest BCUT2D eigenvalue weighted by atomic mass is 9.80. The van der Waals surface area contributed by atoms with Gasteiger partial charge in [-0.1, -0.05) is 65.0 Å². The van der Waals surface area contributed by atoms with Gasteiger partial charge in [0.05, 0.1) is 11.4 Å². The molecule has 0 fully saturated rings. The van der Waals surface area contributed by atoms with E-state index in [-0.39, 0.29) is 5.41 Å². The minimum atomic E-state index is 0.00443. The molecule has 1 aliphatic rings. The Kier molecular flexibility index (Phi) is 5.13. The van der Waals surface area contributed by atoms with Crippen molar-refractivity contribution in [3.8, 4) is 17.1 Å². The third-order valence-corrected chi connectivity index (χ3v) is 6.61. The zero-order valence-electron chi connectivity index (χ0n) is 19.2. The molecule has 156 valence electrons. The smallest absolute Gasteiger partial charge is 0.163 e. The molecule has 4 nitrogen and oxygen atoms in total. The van der Waals surface area contributed by atoms with E-state index in [4.69, 9.17) is 15.1 Å². The average Bonchev–Trinajstić information content (AvgIpc) is 3.34. The highest BCUT2D eigenvalue weighted by Gasteiger charge is 2.31. The zero-order valence-corrected chi connectivity index (χ0v) is 19.2. The molecule has 0 bridgehead atoms. The Balaban J connectivity index is 2.04. The van der Waals surface area contributed by atoms with Crippen LogP contribution >= 0.6 is 0 Å². The first-order chi connectivity index (χ1) is 14.2. The Morgan fingerprint density at radius 2 is 1.77 bits per heavy atom. The van der Waals surface area contributed by atoms with Crippen LogP contribution in [0.2, 0.25) is 0 Å². The summed E-state index contributed by atoms with van der Waals surface area (Å²) in [6.07, 6.45) is 3.62. The van der Waals surface area contributed by atoms with Crippen LogP contribution in [0.15, 0.2) is 41.7 Å². The quantitative estimate of drug-likeness (QED) is 0.489. The number of aliphatic imine (C=N–C) groups is 1. The molecule has 1 aromatic heterocycles. The van der Waals surface area contributed by atoms with E-state index in [2.05, 4.69) is 78.8 Å². The molecular formula is C26H32N4. The maximum atomic E-state index is 5.12. The summed E-state index contributed by atoms with van der Waals surface area (Å²) >= 11 is 0. The summed E-state index contributed by atoms with van der Waals surface area (Å²) in [7, 11) is 0. The standard InChI is InChI=1S/C26H32N4/c1-8-26(6,7)20-13-12-19-14-21(16(2)3)29-23(19)24(20)30-25(27-15-28-30)22-17(4)10-9-11-18(22)5/h9-13,15-16H,8,14H2,1-7H3. The molecule has 0 atom stereocenters. The third kappa shape index (κ3) is 3.28. The first-order valence-corrected chi connectivity index (χ1v) is 11.0. The van der Waals surface area contributed by atoms with Crippen LogP contribution < -0.4 is 0 Å². The summed E-state index contributed by atoms with van der Waals surface area (Å²) in [4.78, 5) is 9.84. The summed E-state index contributed by atoms with van der Waals surface area (Å²) < 4.78 is 2.04. The highest BCUT2D eigenvalue weighted by molar-refractivity contribution is 5.97. The molecule has 0 radical (unpaired) electrons. The Morgan fingerprint density at radius 3 is 2.40 bits per heavy atom. The van der Waals surface area contributed by atoms with E-state index in [1.807, 2.05) is 4.68 Å². The molecule has 0 saturated heterocycles. The van der Waals surface area contributed by atoms with Crippen LogP contribution in [0.4, 0.5) is 5.69 Å². The normalized spacial score (nSPS) is 13.7. The van der Waals surface area contributed by atoms with Crippen molar-refractivity contribution in [2.24, 2.45) is 10.9 Å². The van der Waals surface area contributed by atoms with E-state index in [1.165, 1.54) is 28.0 Å². The highest BCUT2D eigenvalue weighted by atomic mass is 15.3. The molecule has 2 aromatic carbocycles. The van der Waals surface area contributed by atoms with Gasteiger partial charge in [0.1, 0.15) is 6.33 Å². The van der Waals surface area contributed by atoms with Gasteiger partial charge in [-0.15, -0.1) is 0 Å². The number of aromatic nitrogens is 3. The number of aryl methyl sites for hydroxylation is 2. The summed E-state index contributed by atoms with van der Waals surface area (Å²) in [6.45, 7) is 15.6. The molecule has 0 N–H and O–H groups in total. The Bertz CT molecular complexity index is 1110. The molecule has 0 spiro atoms. The SMILES string of the molecule is CCC(C)(C)c1ccc2c(c1-n1ncnc1-c1c(C)cccc1C)N=C(C(C)C)C2. The van der Waals surface area contributed by atoms with Gasteiger partial charge in [0.2, 0.25) is 0 Å². The summed E-state index contributed by atoms with van der Waals surface area (Å²) in [5.41, 5.74) is 9.53. The van der Waals surface area contributed by atoms with Crippen LogP contribution in [0.5, 0.6) is 0 Å². The predicted octanol–water partition coefficient (Wildman–Crippen LogP) is 6.52. The van der Waals surface area contributed by atoms with Gasteiger partial charge in [-0.05, 0) is 53.9 Å². The maximum Gasteiger partial charge on any atom is 0.163 e. The van der Waals surface area contributed by atoms with Crippen molar-refractivity contribution in [1.82, 2.24) is 14.8 Å². The maximum absolute atomic E-state index is 5.12. The van der Waals surface area contributed by atoms with Crippen LogP contribution in [-0.2, 0) is 11.8 Å². The predicted molar refractivity (Wildman–Crippen MR) is 125 cm³/mol. The van der Waals surface area contributed by atoms with Crippen LogP contribution in [0.3, 0.4) is 0 Å². The van der Waals surface area contributed by atoms with E-state index in [0.29, 0.717) is 5.92 Å². The average molecular weight is 401 g/mol. The van der Waals surface area contributed by atoms with E-state index in [0.717, 1.165) is 35.6 Å². The number of hydrogen-bond donors (Lipinski definition) is 0. The molecule has 0 amide bonds. The van der Waals surface area contributed by atoms with Gasteiger partial charge in [0.25, 0.3) is 0 Å². The number of rotatable bonds is 5. The van der Waals surface area contributed by atoms with Gasteiger partial charge >= 0.3 is 0 Å². The fourth-order valence-corrected chi connectivity index (χ4v) is 4.29. The molecule has 0 aliphatic carbocycles. The molecule has 4 heteroatoms. The molecular weight excluding hydrogens is 368 g/mol. The Hall–Kier alpha value is -2.75. The van der Waals surface area contributed by atoms with Crippen molar-refractivity contribution < 1.29 is 0 Å². The lowest BCUT2D eigenvalue weighted by Gasteiger charge is -2.28. The lowest BCUT2D eigenvalue weighted by molar-refractivity contribution is 0.502.